The molecule has 0 saturated heterocycles. The minimum absolute atomic E-state index is 0.278. The number of nitrogens with zero attached hydrogens (tertiary/aromatic N) is 1. The number of hydrogen-bond donors (Lipinski definition) is 2. The van der Waals surface area contributed by atoms with Crippen LogP contribution in [0, 0.1) is 0 Å². The van der Waals surface area contributed by atoms with Gasteiger partial charge in [-0.2, -0.15) is 0 Å². The van der Waals surface area contributed by atoms with Crippen molar-refractivity contribution in [2.45, 2.75) is 30.0 Å². The number of nitrogens with two attached hydrogens (primary N) is 1. The zero-order valence-electron chi connectivity index (χ0n) is 11.1. The molecular formula is C12H17N3O2S3. The first kappa shape index (κ1) is 15.6. The van der Waals surface area contributed by atoms with Gasteiger partial charge in [-0.3, -0.25) is 0 Å². The van der Waals surface area contributed by atoms with Crippen molar-refractivity contribution >= 4 is 32.7 Å². The van der Waals surface area contributed by atoms with Crippen molar-refractivity contribution in [1.82, 2.24) is 9.71 Å². The van der Waals surface area contributed by atoms with Gasteiger partial charge in [-0.05, 0) is 31.5 Å². The summed E-state index contributed by atoms with van der Waals surface area (Å²) in [5.41, 5.74) is 5.48. The summed E-state index contributed by atoms with van der Waals surface area (Å²) in [7, 11) is -3.50. The maximum Gasteiger partial charge on any atom is 0.250 e. The number of nitrogens with one attached hydrogen (secondary N) is 1. The van der Waals surface area contributed by atoms with Gasteiger partial charge >= 0.3 is 0 Å². The molecule has 2 rings (SSSR count). The number of hydrogen-bond acceptors (Lipinski definition) is 6. The molecule has 2 aromatic rings. The molecule has 0 amide bonds. The van der Waals surface area contributed by atoms with Crippen LogP contribution in [0.3, 0.4) is 0 Å². The Morgan fingerprint density at radius 3 is 2.85 bits per heavy atom. The third kappa shape index (κ3) is 3.64. The summed E-state index contributed by atoms with van der Waals surface area (Å²) >= 11 is 2.72. The summed E-state index contributed by atoms with van der Waals surface area (Å²) in [5, 5.41) is 2.63. The minimum Gasteiger partial charge on any atom is -0.330 e. The van der Waals surface area contributed by atoms with Crippen LogP contribution < -0.4 is 10.5 Å². The van der Waals surface area contributed by atoms with Gasteiger partial charge in [0.15, 0.2) is 0 Å². The van der Waals surface area contributed by atoms with E-state index in [0.29, 0.717) is 23.6 Å². The molecule has 0 bridgehead atoms. The first-order valence-electron chi connectivity index (χ1n) is 6.27. The highest BCUT2D eigenvalue weighted by Gasteiger charge is 2.23. The molecule has 0 radical (unpaired) electrons. The lowest BCUT2D eigenvalue weighted by molar-refractivity contribution is 0.551. The van der Waals surface area contributed by atoms with E-state index in [1.54, 1.807) is 12.3 Å². The number of thiazole rings is 1. The molecule has 110 valence electrons. The Balaban J connectivity index is 2.17. The SMILES string of the molecule is CCC(NS(=O)(=O)c1ccc(CCN)s1)c1nccs1. The summed E-state index contributed by atoms with van der Waals surface area (Å²) in [6, 6.07) is 3.17. The van der Waals surface area contributed by atoms with Gasteiger partial charge in [0.05, 0.1) is 6.04 Å². The quantitative estimate of drug-likeness (QED) is 0.814. The molecule has 0 aliphatic carbocycles. The van der Waals surface area contributed by atoms with Crippen molar-refractivity contribution in [2.75, 3.05) is 6.54 Å². The lowest BCUT2D eigenvalue weighted by atomic mass is 10.3. The van der Waals surface area contributed by atoms with Gasteiger partial charge in [-0.25, -0.2) is 18.1 Å². The first-order chi connectivity index (χ1) is 9.56. The monoisotopic (exact) mass is 331 g/mol. The average molecular weight is 331 g/mol. The van der Waals surface area contributed by atoms with Crippen molar-refractivity contribution in [1.29, 1.82) is 0 Å². The minimum atomic E-state index is -3.50. The van der Waals surface area contributed by atoms with Gasteiger partial charge in [0.1, 0.15) is 9.22 Å². The van der Waals surface area contributed by atoms with Gasteiger partial charge in [-0.15, -0.1) is 22.7 Å². The van der Waals surface area contributed by atoms with Crippen LogP contribution in [0.5, 0.6) is 0 Å². The molecule has 0 aromatic carbocycles. The molecule has 1 unspecified atom stereocenters. The van der Waals surface area contributed by atoms with Crippen LogP contribution in [-0.4, -0.2) is 19.9 Å². The Hall–Kier alpha value is -0.800. The van der Waals surface area contributed by atoms with Crippen LogP contribution in [0.1, 0.15) is 29.3 Å². The highest BCUT2D eigenvalue weighted by Crippen LogP contribution is 2.26. The Morgan fingerprint density at radius 1 is 1.45 bits per heavy atom. The molecule has 0 aliphatic heterocycles. The molecule has 1 atom stereocenters. The van der Waals surface area contributed by atoms with Gasteiger partial charge in [0, 0.05) is 16.5 Å². The molecule has 3 N–H and O–H groups in total. The van der Waals surface area contributed by atoms with Gasteiger partial charge in [0.2, 0.25) is 0 Å². The van der Waals surface area contributed by atoms with Gasteiger partial charge in [0.25, 0.3) is 10.0 Å². The standard InChI is InChI=1S/C12H17N3O2S3/c1-2-10(12-14-7-8-18-12)15-20(16,17)11-4-3-9(19-11)5-6-13/h3-4,7-8,10,15H,2,5-6,13H2,1H3. The smallest absolute Gasteiger partial charge is 0.250 e. The van der Waals surface area contributed by atoms with Crippen LogP contribution in [0.15, 0.2) is 27.9 Å². The number of thiophene rings is 1. The van der Waals surface area contributed by atoms with Crippen LogP contribution in [0.2, 0.25) is 0 Å². The third-order valence-electron chi connectivity index (χ3n) is 2.75. The van der Waals surface area contributed by atoms with Crippen molar-refractivity contribution in [3.63, 3.8) is 0 Å². The Morgan fingerprint density at radius 2 is 2.25 bits per heavy atom. The summed E-state index contributed by atoms with van der Waals surface area (Å²) in [6.45, 7) is 2.45. The second-order valence-corrected chi connectivity index (χ2v) is 8.25. The van der Waals surface area contributed by atoms with Crippen LogP contribution >= 0.6 is 22.7 Å². The second kappa shape index (κ2) is 6.77. The zero-order valence-corrected chi connectivity index (χ0v) is 13.5. The molecule has 2 heterocycles. The molecule has 0 fully saturated rings. The third-order valence-corrected chi connectivity index (χ3v) is 6.75. The molecular weight excluding hydrogens is 314 g/mol. The van der Waals surface area contributed by atoms with E-state index in [9.17, 15) is 8.42 Å². The van der Waals surface area contributed by atoms with E-state index >= 15 is 0 Å². The van der Waals surface area contributed by atoms with Crippen molar-refractivity contribution in [3.8, 4) is 0 Å². The maximum absolute atomic E-state index is 12.4. The average Bonchev–Trinajstić information content (AvgIpc) is 3.07. The van der Waals surface area contributed by atoms with E-state index in [0.717, 1.165) is 9.88 Å². The Kier molecular flexibility index (Phi) is 5.28. The largest absolute Gasteiger partial charge is 0.330 e. The van der Waals surface area contributed by atoms with E-state index in [1.165, 1.54) is 22.7 Å². The van der Waals surface area contributed by atoms with Crippen molar-refractivity contribution in [3.05, 3.63) is 33.6 Å². The fourth-order valence-electron chi connectivity index (χ4n) is 1.74. The first-order valence-corrected chi connectivity index (χ1v) is 9.45. The van der Waals surface area contributed by atoms with E-state index in [1.807, 2.05) is 18.4 Å². The van der Waals surface area contributed by atoms with Crippen LogP contribution in [0.4, 0.5) is 0 Å². The maximum atomic E-state index is 12.4. The van der Waals surface area contributed by atoms with Gasteiger partial charge < -0.3 is 5.73 Å². The molecule has 2 aromatic heterocycles. The summed E-state index contributed by atoms with van der Waals surface area (Å²) in [6.07, 6.45) is 3.04. The van der Waals surface area contributed by atoms with E-state index in [2.05, 4.69) is 9.71 Å². The van der Waals surface area contributed by atoms with Crippen LogP contribution in [-0.2, 0) is 16.4 Å². The fraction of sp³-hybridized carbons (Fsp3) is 0.417. The molecule has 20 heavy (non-hydrogen) atoms. The number of rotatable bonds is 7. The fourth-order valence-corrected chi connectivity index (χ4v) is 5.26. The van der Waals surface area contributed by atoms with Gasteiger partial charge in [-0.1, -0.05) is 6.92 Å². The number of aromatic nitrogens is 1. The van der Waals surface area contributed by atoms with E-state index < -0.39 is 10.0 Å². The normalized spacial score (nSPS) is 13.5. The summed E-state index contributed by atoms with van der Waals surface area (Å²) in [5.74, 6) is 0. The molecule has 0 spiro atoms. The highest BCUT2D eigenvalue weighted by atomic mass is 32.2. The molecule has 5 nitrogen and oxygen atoms in total. The molecule has 0 saturated carbocycles. The number of sulfonamides is 1. The van der Waals surface area contributed by atoms with E-state index in [-0.39, 0.29) is 6.04 Å². The highest BCUT2D eigenvalue weighted by molar-refractivity contribution is 7.91. The summed E-state index contributed by atoms with van der Waals surface area (Å²) < 4.78 is 27.8. The topological polar surface area (TPSA) is 85.1 Å². The van der Waals surface area contributed by atoms with Crippen molar-refractivity contribution in [2.24, 2.45) is 5.73 Å². The predicted molar refractivity (Wildman–Crippen MR) is 82.5 cm³/mol. The van der Waals surface area contributed by atoms with Crippen molar-refractivity contribution < 1.29 is 8.42 Å². The Bertz CT molecular complexity index is 635. The second-order valence-electron chi connectivity index (χ2n) is 4.21. The predicted octanol–water partition coefficient (Wildman–Crippen LogP) is 2.14. The van der Waals surface area contributed by atoms with Crippen LogP contribution in [0.25, 0.3) is 0 Å². The Labute approximate surface area is 126 Å². The lowest BCUT2D eigenvalue weighted by Gasteiger charge is -2.13. The lowest BCUT2D eigenvalue weighted by Crippen LogP contribution is -2.27. The zero-order chi connectivity index (χ0) is 14.6. The molecule has 8 heteroatoms. The molecule has 0 aliphatic rings. The summed E-state index contributed by atoms with van der Waals surface area (Å²) in [4.78, 5) is 5.16. The van der Waals surface area contributed by atoms with E-state index in [4.69, 9.17) is 5.73 Å².